The van der Waals surface area contributed by atoms with Crippen molar-refractivity contribution >= 4 is 17.5 Å². The highest BCUT2D eigenvalue weighted by molar-refractivity contribution is 6.30. The summed E-state index contributed by atoms with van der Waals surface area (Å²) < 4.78 is 13.7. The Balaban J connectivity index is 1.96. The molecule has 2 atom stereocenters. The molecule has 1 aliphatic rings. The van der Waals surface area contributed by atoms with Gasteiger partial charge in [0.05, 0.1) is 17.0 Å². The molecule has 6 heteroatoms. The highest BCUT2D eigenvalue weighted by Crippen LogP contribution is 2.19. The number of nitrogens with one attached hydrogen (secondary N) is 1. The summed E-state index contributed by atoms with van der Waals surface area (Å²) in [6.45, 7) is 1.34. The Morgan fingerprint density at radius 2 is 2.35 bits per heavy atom. The molecule has 1 fully saturated rings. The van der Waals surface area contributed by atoms with Crippen LogP contribution in [0.15, 0.2) is 18.2 Å². The van der Waals surface area contributed by atoms with E-state index < -0.39 is 17.8 Å². The Morgan fingerprint density at radius 3 is 3.10 bits per heavy atom. The van der Waals surface area contributed by atoms with Crippen molar-refractivity contribution in [3.05, 3.63) is 34.6 Å². The van der Waals surface area contributed by atoms with Crippen LogP contribution < -0.4 is 5.32 Å². The van der Waals surface area contributed by atoms with Gasteiger partial charge >= 0.3 is 0 Å². The fourth-order valence-electron chi connectivity index (χ4n) is 2.36. The molecule has 2 N–H and O–H groups in total. The molecule has 1 aromatic rings. The Kier molecular flexibility index (Phi) is 4.96. The second-order valence-electron chi connectivity index (χ2n) is 5.16. The Hall–Kier alpha value is -1.17. The van der Waals surface area contributed by atoms with Gasteiger partial charge < -0.3 is 15.3 Å². The number of amides is 1. The third kappa shape index (κ3) is 3.48. The van der Waals surface area contributed by atoms with Crippen LogP contribution in [0, 0.1) is 11.7 Å². The van der Waals surface area contributed by atoms with Gasteiger partial charge in [-0.05, 0) is 19.5 Å². The molecule has 1 amide bonds. The van der Waals surface area contributed by atoms with Crippen molar-refractivity contribution < 1.29 is 14.3 Å². The number of nitrogens with zero attached hydrogens (tertiary/aromatic N) is 1. The molecule has 2 rings (SSSR count). The van der Waals surface area contributed by atoms with Crippen molar-refractivity contribution in [3.8, 4) is 0 Å². The van der Waals surface area contributed by atoms with Crippen LogP contribution in [0.1, 0.15) is 12.0 Å². The molecule has 0 bridgehead atoms. The highest BCUT2D eigenvalue weighted by Gasteiger charge is 2.31. The maximum atomic E-state index is 13.7. The van der Waals surface area contributed by atoms with Crippen molar-refractivity contribution in [2.45, 2.75) is 19.1 Å². The molecule has 0 unspecified atom stereocenters. The largest absolute Gasteiger partial charge is 0.392 e. The quantitative estimate of drug-likeness (QED) is 0.887. The van der Waals surface area contributed by atoms with Crippen molar-refractivity contribution in [1.29, 1.82) is 0 Å². The highest BCUT2D eigenvalue weighted by atomic mass is 35.5. The molecule has 0 radical (unpaired) electrons. The first kappa shape index (κ1) is 15.2. The lowest BCUT2D eigenvalue weighted by Gasteiger charge is -2.32. The number of carbonyl (C=O) groups excluding carboxylic acids is 1. The molecule has 0 saturated carbocycles. The Morgan fingerprint density at radius 1 is 1.60 bits per heavy atom. The normalized spacial score (nSPS) is 23.6. The van der Waals surface area contributed by atoms with Crippen LogP contribution in [0.2, 0.25) is 5.02 Å². The number of aliphatic hydroxyl groups is 1. The van der Waals surface area contributed by atoms with Crippen molar-refractivity contribution in [2.24, 2.45) is 5.92 Å². The molecule has 0 spiro atoms. The molecule has 1 saturated heterocycles. The van der Waals surface area contributed by atoms with E-state index in [2.05, 4.69) is 5.32 Å². The third-order valence-corrected chi connectivity index (χ3v) is 3.89. The van der Waals surface area contributed by atoms with Gasteiger partial charge in [0, 0.05) is 25.2 Å². The molecule has 110 valence electrons. The summed E-state index contributed by atoms with van der Waals surface area (Å²) in [6, 6.07) is 4.67. The van der Waals surface area contributed by atoms with Crippen molar-refractivity contribution in [3.63, 3.8) is 0 Å². The lowest BCUT2D eigenvalue weighted by molar-refractivity contribution is -0.131. The van der Waals surface area contributed by atoms with Gasteiger partial charge in [-0.2, -0.15) is 0 Å². The molecule has 1 aromatic carbocycles. The summed E-state index contributed by atoms with van der Waals surface area (Å²) in [5.74, 6) is -1.25. The number of piperidine rings is 1. The van der Waals surface area contributed by atoms with Gasteiger partial charge in [-0.15, -0.1) is 0 Å². The van der Waals surface area contributed by atoms with E-state index in [9.17, 15) is 14.3 Å². The average molecular weight is 301 g/mol. The summed E-state index contributed by atoms with van der Waals surface area (Å²) in [6.07, 6.45) is -0.0736. The van der Waals surface area contributed by atoms with Crippen LogP contribution in [0.3, 0.4) is 0 Å². The molecule has 1 heterocycles. The lowest BCUT2D eigenvalue weighted by Crippen LogP contribution is -2.48. The van der Waals surface area contributed by atoms with Gasteiger partial charge in [-0.1, -0.05) is 23.7 Å². The van der Waals surface area contributed by atoms with E-state index in [-0.39, 0.29) is 17.5 Å². The zero-order chi connectivity index (χ0) is 14.7. The zero-order valence-corrected chi connectivity index (χ0v) is 12.0. The fraction of sp³-hybridized carbons (Fsp3) is 0.500. The SMILES string of the molecule is CN1CC[C@@H](O)[C@H](C(=O)NCc2cccc(Cl)c2F)C1. The van der Waals surface area contributed by atoms with Gasteiger partial charge in [0.15, 0.2) is 0 Å². The van der Waals surface area contributed by atoms with Crippen LogP contribution in [0.25, 0.3) is 0 Å². The first-order valence-electron chi connectivity index (χ1n) is 6.56. The molecule has 0 aliphatic carbocycles. The van der Waals surface area contributed by atoms with E-state index in [1.54, 1.807) is 12.1 Å². The second kappa shape index (κ2) is 6.52. The number of hydrogen-bond donors (Lipinski definition) is 2. The molecular formula is C14H18ClFN2O2. The summed E-state index contributed by atoms with van der Waals surface area (Å²) >= 11 is 5.69. The van der Waals surface area contributed by atoms with Gasteiger partial charge in [0.2, 0.25) is 5.91 Å². The maximum Gasteiger partial charge on any atom is 0.227 e. The summed E-state index contributed by atoms with van der Waals surface area (Å²) in [5, 5.41) is 12.6. The number of likely N-dealkylation sites (tertiary alicyclic amines) is 1. The molecule has 0 aromatic heterocycles. The standard InChI is InChI=1S/C14H18ClFN2O2/c1-18-6-5-12(19)10(8-18)14(20)17-7-9-3-2-4-11(15)13(9)16/h2-4,10,12,19H,5-8H2,1H3,(H,17,20)/t10-,12-/m1/s1. The maximum absolute atomic E-state index is 13.7. The second-order valence-corrected chi connectivity index (χ2v) is 5.56. The van der Waals surface area contributed by atoms with Gasteiger partial charge in [0.1, 0.15) is 5.82 Å². The van der Waals surface area contributed by atoms with E-state index in [0.717, 1.165) is 6.54 Å². The van der Waals surface area contributed by atoms with Gasteiger partial charge in [-0.3, -0.25) is 4.79 Å². The smallest absolute Gasteiger partial charge is 0.227 e. The van der Waals surface area contributed by atoms with Crippen LogP contribution in [0.4, 0.5) is 4.39 Å². The van der Waals surface area contributed by atoms with Crippen LogP contribution in [-0.4, -0.2) is 42.2 Å². The molecule has 1 aliphatic heterocycles. The van der Waals surface area contributed by atoms with E-state index in [4.69, 9.17) is 11.6 Å². The van der Waals surface area contributed by atoms with Crippen LogP contribution in [-0.2, 0) is 11.3 Å². The van der Waals surface area contributed by atoms with E-state index in [1.807, 2.05) is 11.9 Å². The number of rotatable bonds is 3. The summed E-state index contributed by atoms with van der Waals surface area (Å²) in [5.41, 5.74) is 0.338. The number of hydrogen-bond acceptors (Lipinski definition) is 3. The number of halogens is 2. The van der Waals surface area contributed by atoms with Crippen LogP contribution in [0.5, 0.6) is 0 Å². The zero-order valence-electron chi connectivity index (χ0n) is 11.3. The van der Waals surface area contributed by atoms with Gasteiger partial charge in [-0.25, -0.2) is 4.39 Å². The summed E-state index contributed by atoms with van der Waals surface area (Å²) in [7, 11) is 1.91. The van der Waals surface area contributed by atoms with Crippen molar-refractivity contribution in [1.82, 2.24) is 10.2 Å². The Labute approximate surface area is 122 Å². The fourth-order valence-corrected chi connectivity index (χ4v) is 2.55. The minimum atomic E-state index is -0.643. The van der Waals surface area contributed by atoms with Crippen molar-refractivity contribution in [2.75, 3.05) is 20.1 Å². The monoisotopic (exact) mass is 300 g/mol. The number of benzene rings is 1. The molecular weight excluding hydrogens is 283 g/mol. The lowest BCUT2D eigenvalue weighted by atomic mass is 9.94. The predicted molar refractivity (Wildman–Crippen MR) is 74.9 cm³/mol. The first-order valence-corrected chi connectivity index (χ1v) is 6.94. The van der Waals surface area contributed by atoms with E-state index in [1.165, 1.54) is 6.07 Å². The first-order chi connectivity index (χ1) is 9.49. The topological polar surface area (TPSA) is 52.6 Å². The Bertz CT molecular complexity index is 498. The van der Waals surface area contributed by atoms with Crippen LogP contribution >= 0.6 is 11.6 Å². The average Bonchev–Trinajstić information content (AvgIpc) is 2.43. The van der Waals surface area contributed by atoms with Gasteiger partial charge in [0.25, 0.3) is 0 Å². The predicted octanol–water partition coefficient (Wildman–Crippen LogP) is 1.41. The summed E-state index contributed by atoms with van der Waals surface area (Å²) in [4.78, 5) is 14.1. The van der Waals surface area contributed by atoms with E-state index >= 15 is 0 Å². The van der Waals surface area contributed by atoms with E-state index in [0.29, 0.717) is 18.5 Å². The third-order valence-electron chi connectivity index (χ3n) is 3.60. The molecule has 4 nitrogen and oxygen atoms in total. The minimum Gasteiger partial charge on any atom is -0.392 e. The minimum absolute atomic E-state index is 0.0363. The number of aliphatic hydroxyl groups excluding tert-OH is 1. The molecule has 20 heavy (non-hydrogen) atoms. The number of carbonyl (C=O) groups is 1.